The normalized spacial score (nSPS) is 14.3. The van der Waals surface area contributed by atoms with Crippen molar-refractivity contribution in [2.45, 2.75) is 25.8 Å². The third-order valence-corrected chi connectivity index (χ3v) is 2.23. The molecule has 1 aromatic carbocycles. The third-order valence-electron chi connectivity index (χ3n) is 2.23. The summed E-state index contributed by atoms with van der Waals surface area (Å²) in [5.74, 6) is -0.621. The smallest absolute Gasteiger partial charge is 0.314 e. The molecule has 82 valence electrons. The Hall–Kier alpha value is -1.35. The second-order valence-corrected chi connectivity index (χ2v) is 3.50. The standard InChI is InChI=1S/C12H17NO2/c1-3-15-12(14)11(9(2)13)10-7-5-4-6-8-10/h4-9,11H,3,13H2,1-2H3/t9-,11?/m1/s1. The van der Waals surface area contributed by atoms with E-state index in [1.165, 1.54) is 0 Å². The Bertz CT molecular complexity index is 309. The Kier molecular flexibility index (Phi) is 4.31. The summed E-state index contributed by atoms with van der Waals surface area (Å²) >= 11 is 0. The number of hydrogen-bond acceptors (Lipinski definition) is 3. The third kappa shape index (κ3) is 3.06. The van der Waals surface area contributed by atoms with Gasteiger partial charge in [-0.05, 0) is 19.4 Å². The Balaban J connectivity index is 2.88. The first-order valence-corrected chi connectivity index (χ1v) is 5.14. The van der Waals surface area contributed by atoms with E-state index in [1.54, 1.807) is 6.92 Å². The topological polar surface area (TPSA) is 52.3 Å². The molecule has 0 heterocycles. The highest BCUT2D eigenvalue weighted by atomic mass is 16.5. The van der Waals surface area contributed by atoms with Gasteiger partial charge in [-0.2, -0.15) is 0 Å². The molecule has 0 aromatic heterocycles. The molecule has 1 aromatic rings. The lowest BCUT2D eigenvalue weighted by Gasteiger charge is -2.19. The zero-order valence-electron chi connectivity index (χ0n) is 9.14. The summed E-state index contributed by atoms with van der Waals surface area (Å²) in [5.41, 5.74) is 6.71. The summed E-state index contributed by atoms with van der Waals surface area (Å²) in [7, 11) is 0. The number of ether oxygens (including phenoxy) is 1. The van der Waals surface area contributed by atoms with Gasteiger partial charge >= 0.3 is 5.97 Å². The number of esters is 1. The van der Waals surface area contributed by atoms with Crippen molar-refractivity contribution in [3.8, 4) is 0 Å². The first-order valence-electron chi connectivity index (χ1n) is 5.14. The number of benzene rings is 1. The maximum Gasteiger partial charge on any atom is 0.314 e. The van der Waals surface area contributed by atoms with Gasteiger partial charge in [-0.25, -0.2) is 0 Å². The number of carbonyl (C=O) groups is 1. The van der Waals surface area contributed by atoms with Crippen molar-refractivity contribution in [3.05, 3.63) is 35.9 Å². The van der Waals surface area contributed by atoms with Crippen LogP contribution in [0.15, 0.2) is 30.3 Å². The Labute approximate surface area is 90.2 Å². The number of carbonyl (C=O) groups excluding carboxylic acids is 1. The predicted octanol–water partition coefficient (Wildman–Crippen LogP) is 1.68. The largest absolute Gasteiger partial charge is 0.465 e. The van der Waals surface area contributed by atoms with Crippen molar-refractivity contribution in [2.24, 2.45) is 5.73 Å². The van der Waals surface area contributed by atoms with E-state index in [-0.39, 0.29) is 17.9 Å². The van der Waals surface area contributed by atoms with E-state index in [2.05, 4.69) is 0 Å². The Morgan fingerprint density at radius 1 is 1.40 bits per heavy atom. The van der Waals surface area contributed by atoms with Crippen LogP contribution in [0.3, 0.4) is 0 Å². The van der Waals surface area contributed by atoms with Gasteiger partial charge in [0.25, 0.3) is 0 Å². The average Bonchev–Trinajstić information content (AvgIpc) is 2.19. The SMILES string of the molecule is CCOC(=O)C(c1ccccc1)[C@@H](C)N. The molecule has 0 aliphatic heterocycles. The summed E-state index contributed by atoms with van der Waals surface area (Å²) in [6.07, 6.45) is 0. The Morgan fingerprint density at radius 2 is 2.00 bits per heavy atom. The van der Waals surface area contributed by atoms with Crippen LogP contribution in [0.2, 0.25) is 0 Å². The Morgan fingerprint density at radius 3 is 2.47 bits per heavy atom. The van der Waals surface area contributed by atoms with Gasteiger partial charge in [0.2, 0.25) is 0 Å². The average molecular weight is 207 g/mol. The van der Waals surface area contributed by atoms with Crippen LogP contribution in [-0.2, 0) is 9.53 Å². The second-order valence-electron chi connectivity index (χ2n) is 3.50. The first-order chi connectivity index (χ1) is 7.16. The molecule has 0 saturated carbocycles. The van der Waals surface area contributed by atoms with Gasteiger partial charge < -0.3 is 10.5 Å². The van der Waals surface area contributed by atoms with Crippen molar-refractivity contribution in [1.82, 2.24) is 0 Å². The minimum absolute atomic E-state index is 0.244. The quantitative estimate of drug-likeness (QED) is 0.764. The van der Waals surface area contributed by atoms with Crippen LogP contribution in [-0.4, -0.2) is 18.6 Å². The summed E-state index contributed by atoms with van der Waals surface area (Å²) in [6, 6.07) is 9.24. The molecule has 2 N–H and O–H groups in total. The summed E-state index contributed by atoms with van der Waals surface area (Å²) in [4.78, 5) is 11.7. The fourth-order valence-corrected chi connectivity index (χ4v) is 1.55. The van der Waals surface area contributed by atoms with E-state index in [4.69, 9.17) is 10.5 Å². The van der Waals surface area contributed by atoms with Crippen LogP contribution in [0, 0.1) is 0 Å². The molecule has 0 amide bonds. The van der Waals surface area contributed by atoms with Gasteiger partial charge in [-0.3, -0.25) is 4.79 Å². The lowest BCUT2D eigenvalue weighted by molar-refractivity contribution is -0.145. The van der Waals surface area contributed by atoms with Crippen molar-refractivity contribution in [3.63, 3.8) is 0 Å². The first kappa shape index (κ1) is 11.7. The van der Waals surface area contributed by atoms with E-state index in [1.807, 2.05) is 37.3 Å². The second kappa shape index (κ2) is 5.51. The molecule has 3 heteroatoms. The molecule has 15 heavy (non-hydrogen) atoms. The summed E-state index contributed by atoms with van der Waals surface area (Å²) < 4.78 is 5.00. The molecular weight excluding hydrogens is 190 g/mol. The van der Waals surface area contributed by atoms with Crippen molar-refractivity contribution in [2.75, 3.05) is 6.61 Å². The fourth-order valence-electron chi connectivity index (χ4n) is 1.55. The van der Waals surface area contributed by atoms with Gasteiger partial charge in [0, 0.05) is 6.04 Å². The van der Waals surface area contributed by atoms with Gasteiger partial charge in [0.15, 0.2) is 0 Å². The number of nitrogens with two attached hydrogens (primary N) is 1. The van der Waals surface area contributed by atoms with Crippen LogP contribution in [0.1, 0.15) is 25.3 Å². The lowest BCUT2D eigenvalue weighted by atomic mass is 9.93. The van der Waals surface area contributed by atoms with Crippen LogP contribution < -0.4 is 5.73 Å². The van der Waals surface area contributed by atoms with E-state index in [0.717, 1.165) is 5.56 Å². The molecule has 0 radical (unpaired) electrons. The van der Waals surface area contributed by atoms with E-state index >= 15 is 0 Å². The zero-order valence-corrected chi connectivity index (χ0v) is 9.14. The highest BCUT2D eigenvalue weighted by Crippen LogP contribution is 2.19. The maximum absolute atomic E-state index is 11.7. The highest BCUT2D eigenvalue weighted by molar-refractivity contribution is 5.79. The van der Waals surface area contributed by atoms with Gasteiger partial charge in [0.05, 0.1) is 12.5 Å². The monoisotopic (exact) mass is 207 g/mol. The van der Waals surface area contributed by atoms with Gasteiger partial charge in [0.1, 0.15) is 0 Å². The molecule has 0 aliphatic carbocycles. The fraction of sp³-hybridized carbons (Fsp3) is 0.417. The van der Waals surface area contributed by atoms with Crippen molar-refractivity contribution < 1.29 is 9.53 Å². The molecular formula is C12H17NO2. The molecule has 0 spiro atoms. The molecule has 0 aliphatic rings. The highest BCUT2D eigenvalue weighted by Gasteiger charge is 2.25. The lowest BCUT2D eigenvalue weighted by Crippen LogP contribution is -2.32. The van der Waals surface area contributed by atoms with Crippen molar-refractivity contribution in [1.29, 1.82) is 0 Å². The van der Waals surface area contributed by atoms with Crippen LogP contribution in [0.5, 0.6) is 0 Å². The van der Waals surface area contributed by atoms with E-state index in [9.17, 15) is 4.79 Å². The molecule has 0 fully saturated rings. The zero-order chi connectivity index (χ0) is 11.3. The minimum atomic E-state index is -0.369. The number of rotatable bonds is 4. The summed E-state index contributed by atoms with van der Waals surface area (Å²) in [6.45, 7) is 3.99. The van der Waals surface area contributed by atoms with E-state index < -0.39 is 0 Å². The molecule has 1 unspecified atom stereocenters. The maximum atomic E-state index is 11.7. The van der Waals surface area contributed by atoms with Crippen LogP contribution in [0.25, 0.3) is 0 Å². The molecule has 1 rings (SSSR count). The minimum Gasteiger partial charge on any atom is -0.465 e. The van der Waals surface area contributed by atoms with E-state index in [0.29, 0.717) is 6.61 Å². The van der Waals surface area contributed by atoms with Crippen LogP contribution in [0.4, 0.5) is 0 Å². The molecule has 0 saturated heterocycles. The predicted molar refractivity (Wildman–Crippen MR) is 59.5 cm³/mol. The van der Waals surface area contributed by atoms with Crippen LogP contribution >= 0.6 is 0 Å². The molecule has 2 atom stereocenters. The summed E-state index contributed by atoms with van der Waals surface area (Å²) in [5, 5.41) is 0. The molecule has 0 bridgehead atoms. The number of hydrogen-bond donors (Lipinski definition) is 1. The molecule has 3 nitrogen and oxygen atoms in total. The van der Waals surface area contributed by atoms with Gasteiger partial charge in [-0.15, -0.1) is 0 Å². The van der Waals surface area contributed by atoms with Crippen molar-refractivity contribution >= 4 is 5.97 Å². The van der Waals surface area contributed by atoms with Gasteiger partial charge in [-0.1, -0.05) is 30.3 Å².